The number of hydrogen-bond donors (Lipinski definition) is 1. The Bertz CT molecular complexity index is 846. The van der Waals surface area contributed by atoms with Gasteiger partial charge in [0.15, 0.2) is 5.76 Å². The molecule has 0 aliphatic carbocycles. The van der Waals surface area contributed by atoms with Crippen molar-refractivity contribution in [2.75, 3.05) is 5.32 Å². The minimum Gasteiger partial charge on any atom is -0.451 e. The van der Waals surface area contributed by atoms with E-state index in [4.69, 9.17) is 4.42 Å². The minimum absolute atomic E-state index is 0.210. The molecule has 3 aromatic rings. The third-order valence-corrected chi connectivity index (χ3v) is 3.88. The van der Waals surface area contributed by atoms with Crippen LogP contribution in [0.25, 0.3) is 11.0 Å². The fraction of sp³-hybridized carbons (Fsp3) is 0.211. The number of fused-ring (bicyclic) bond motifs is 1. The standard InChI is InChI=1S/C19H19NO2/c1-4-14-7-5-6-13(3)18(14)20-19(21)17-11-15-9-8-12(2)10-16(15)22-17/h5-11H,4H2,1-3H3,(H,20,21). The summed E-state index contributed by atoms with van der Waals surface area (Å²) in [6.07, 6.45) is 0.872. The molecular formula is C19H19NO2. The molecule has 112 valence electrons. The Labute approximate surface area is 130 Å². The molecule has 1 N–H and O–H groups in total. The smallest absolute Gasteiger partial charge is 0.291 e. The first-order valence-electron chi connectivity index (χ1n) is 7.48. The molecular weight excluding hydrogens is 274 g/mol. The van der Waals surface area contributed by atoms with Gasteiger partial charge >= 0.3 is 0 Å². The van der Waals surface area contributed by atoms with Crippen LogP contribution in [0.3, 0.4) is 0 Å². The van der Waals surface area contributed by atoms with Gasteiger partial charge in [0.05, 0.1) is 0 Å². The van der Waals surface area contributed by atoms with Gasteiger partial charge < -0.3 is 9.73 Å². The Morgan fingerprint density at radius 3 is 2.73 bits per heavy atom. The van der Waals surface area contributed by atoms with Crippen molar-refractivity contribution >= 4 is 22.6 Å². The van der Waals surface area contributed by atoms with E-state index in [1.165, 1.54) is 0 Å². The summed E-state index contributed by atoms with van der Waals surface area (Å²) in [5, 5.41) is 3.93. The van der Waals surface area contributed by atoms with E-state index in [0.717, 1.165) is 39.8 Å². The molecule has 1 heterocycles. The summed E-state index contributed by atoms with van der Waals surface area (Å²) >= 11 is 0. The third kappa shape index (κ3) is 2.62. The maximum atomic E-state index is 12.5. The summed E-state index contributed by atoms with van der Waals surface area (Å²) in [5.41, 5.74) is 4.92. The Morgan fingerprint density at radius 1 is 1.14 bits per heavy atom. The zero-order valence-electron chi connectivity index (χ0n) is 13.1. The maximum absolute atomic E-state index is 12.5. The molecule has 0 bridgehead atoms. The Balaban J connectivity index is 1.93. The lowest BCUT2D eigenvalue weighted by Gasteiger charge is -2.11. The molecule has 0 saturated heterocycles. The van der Waals surface area contributed by atoms with Crippen LogP contribution in [0.2, 0.25) is 0 Å². The summed E-state index contributed by atoms with van der Waals surface area (Å²) in [4.78, 5) is 12.5. The van der Waals surface area contributed by atoms with Gasteiger partial charge in [-0.1, -0.05) is 37.3 Å². The summed E-state index contributed by atoms with van der Waals surface area (Å²) in [5.74, 6) is 0.128. The zero-order valence-corrected chi connectivity index (χ0v) is 13.1. The lowest BCUT2D eigenvalue weighted by atomic mass is 10.1. The Morgan fingerprint density at radius 2 is 1.95 bits per heavy atom. The van der Waals surface area contributed by atoms with Gasteiger partial charge in [-0.05, 0) is 49.1 Å². The van der Waals surface area contributed by atoms with Crippen LogP contribution in [0.5, 0.6) is 0 Å². The molecule has 0 aliphatic rings. The third-order valence-electron chi connectivity index (χ3n) is 3.88. The van der Waals surface area contributed by atoms with Gasteiger partial charge in [0.1, 0.15) is 5.58 Å². The van der Waals surface area contributed by atoms with Crippen LogP contribution in [-0.4, -0.2) is 5.91 Å². The second kappa shape index (κ2) is 5.68. The topological polar surface area (TPSA) is 42.2 Å². The molecule has 1 aromatic heterocycles. The van der Waals surface area contributed by atoms with Crippen LogP contribution < -0.4 is 5.32 Å². The van der Waals surface area contributed by atoms with E-state index in [1.54, 1.807) is 6.07 Å². The molecule has 0 atom stereocenters. The van der Waals surface area contributed by atoms with E-state index in [1.807, 2.05) is 50.2 Å². The molecule has 22 heavy (non-hydrogen) atoms. The van der Waals surface area contributed by atoms with Gasteiger partial charge in [-0.15, -0.1) is 0 Å². The SMILES string of the molecule is CCc1cccc(C)c1NC(=O)c1cc2ccc(C)cc2o1. The number of aryl methyl sites for hydroxylation is 3. The Hall–Kier alpha value is -2.55. The quantitative estimate of drug-likeness (QED) is 0.749. The van der Waals surface area contributed by atoms with Crippen LogP contribution in [0.4, 0.5) is 5.69 Å². The molecule has 0 spiro atoms. The number of rotatable bonds is 3. The summed E-state index contributed by atoms with van der Waals surface area (Å²) in [6.45, 7) is 6.08. The molecule has 0 saturated carbocycles. The van der Waals surface area contributed by atoms with Crippen molar-refractivity contribution in [1.82, 2.24) is 0 Å². The lowest BCUT2D eigenvalue weighted by molar-refractivity contribution is 0.0998. The second-order valence-corrected chi connectivity index (χ2v) is 5.57. The Kier molecular flexibility index (Phi) is 3.72. The number of anilines is 1. The molecule has 2 aromatic carbocycles. The van der Waals surface area contributed by atoms with Crippen molar-refractivity contribution in [3.63, 3.8) is 0 Å². The molecule has 0 fully saturated rings. The molecule has 3 heteroatoms. The van der Waals surface area contributed by atoms with Crippen LogP contribution >= 0.6 is 0 Å². The number of nitrogens with one attached hydrogen (secondary N) is 1. The van der Waals surface area contributed by atoms with Crippen molar-refractivity contribution < 1.29 is 9.21 Å². The normalized spacial score (nSPS) is 10.9. The fourth-order valence-electron chi connectivity index (χ4n) is 2.63. The van der Waals surface area contributed by atoms with Crippen LogP contribution in [0.15, 0.2) is 46.9 Å². The van der Waals surface area contributed by atoms with Gasteiger partial charge in [0, 0.05) is 11.1 Å². The maximum Gasteiger partial charge on any atom is 0.291 e. The largest absolute Gasteiger partial charge is 0.451 e. The minimum atomic E-state index is -0.210. The molecule has 0 radical (unpaired) electrons. The molecule has 1 amide bonds. The van der Waals surface area contributed by atoms with Crippen molar-refractivity contribution in [3.8, 4) is 0 Å². The molecule has 3 nitrogen and oxygen atoms in total. The first-order valence-corrected chi connectivity index (χ1v) is 7.48. The van der Waals surface area contributed by atoms with Gasteiger partial charge in [0.2, 0.25) is 0 Å². The van der Waals surface area contributed by atoms with E-state index in [9.17, 15) is 4.79 Å². The van der Waals surface area contributed by atoms with Crippen molar-refractivity contribution in [1.29, 1.82) is 0 Å². The van der Waals surface area contributed by atoms with Gasteiger partial charge in [-0.2, -0.15) is 0 Å². The van der Waals surface area contributed by atoms with E-state index in [0.29, 0.717) is 5.76 Å². The van der Waals surface area contributed by atoms with Crippen molar-refractivity contribution in [2.45, 2.75) is 27.2 Å². The van der Waals surface area contributed by atoms with Crippen LogP contribution in [0.1, 0.15) is 34.2 Å². The molecule has 0 unspecified atom stereocenters. The molecule has 0 aliphatic heterocycles. The number of carbonyl (C=O) groups is 1. The highest BCUT2D eigenvalue weighted by Crippen LogP contribution is 2.24. The van der Waals surface area contributed by atoms with Crippen LogP contribution in [-0.2, 0) is 6.42 Å². The zero-order chi connectivity index (χ0) is 15.7. The summed E-state index contributed by atoms with van der Waals surface area (Å²) in [7, 11) is 0. The second-order valence-electron chi connectivity index (χ2n) is 5.57. The summed E-state index contributed by atoms with van der Waals surface area (Å²) in [6, 6.07) is 13.7. The summed E-state index contributed by atoms with van der Waals surface area (Å²) < 4.78 is 5.68. The van der Waals surface area contributed by atoms with Crippen LogP contribution in [0, 0.1) is 13.8 Å². The van der Waals surface area contributed by atoms with E-state index in [2.05, 4.69) is 12.2 Å². The number of carbonyl (C=O) groups excluding carboxylic acids is 1. The highest BCUT2D eigenvalue weighted by Gasteiger charge is 2.15. The monoisotopic (exact) mass is 293 g/mol. The number of amides is 1. The van der Waals surface area contributed by atoms with Gasteiger partial charge in [0.25, 0.3) is 5.91 Å². The van der Waals surface area contributed by atoms with Crippen molar-refractivity contribution in [3.05, 3.63) is 64.9 Å². The predicted octanol–water partition coefficient (Wildman–Crippen LogP) is 4.86. The fourth-order valence-corrected chi connectivity index (χ4v) is 2.63. The molecule has 3 rings (SSSR count). The first-order chi connectivity index (χ1) is 10.6. The van der Waals surface area contributed by atoms with E-state index in [-0.39, 0.29) is 5.91 Å². The van der Waals surface area contributed by atoms with E-state index < -0.39 is 0 Å². The number of hydrogen-bond acceptors (Lipinski definition) is 2. The number of benzene rings is 2. The highest BCUT2D eigenvalue weighted by atomic mass is 16.3. The highest BCUT2D eigenvalue weighted by molar-refractivity contribution is 6.05. The number of para-hydroxylation sites is 1. The predicted molar refractivity (Wildman–Crippen MR) is 89.5 cm³/mol. The average molecular weight is 293 g/mol. The number of furan rings is 1. The van der Waals surface area contributed by atoms with Gasteiger partial charge in [-0.25, -0.2) is 0 Å². The first kappa shape index (κ1) is 14.4. The van der Waals surface area contributed by atoms with Gasteiger partial charge in [-0.3, -0.25) is 4.79 Å². The average Bonchev–Trinajstić information content (AvgIpc) is 2.92. The lowest BCUT2D eigenvalue weighted by Crippen LogP contribution is -2.13. The van der Waals surface area contributed by atoms with Crippen molar-refractivity contribution in [2.24, 2.45) is 0 Å². The van der Waals surface area contributed by atoms with E-state index >= 15 is 0 Å².